The Morgan fingerprint density at radius 3 is 2.94 bits per heavy atom. The summed E-state index contributed by atoms with van der Waals surface area (Å²) in [6, 6.07) is 0. The van der Waals surface area contributed by atoms with Crippen molar-refractivity contribution < 1.29 is 0 Å². The molecule has 92 valence electrons. The molecule has 0 aliphatic heterocycles. The van der Waals surface area contributed by atoms with Gasteiger partial charge in [0.1, 0.15) is 0 Å². The Kier molecular flexibility index (Phi) is 6.96. The number of aryl methyl sites for hydroxylation is 2. The Morgan fingerprint density at radius 1 is 1.44 bits per heavy atom. The molecular weight excluding hydrogens is 238 g/mol. The van der Waals surface area contributed by atoms with E-state index in [0.717, 1.165) is 30.3 Å². The van der Waals surface area contributed by atoms with Crippen molar-refractivity contribution in [2.45, 2.75) is 46.1 Å². The highest BCUT2D eigenvalue weighted by Crippen LogP contribution is 2.09. The van der Waals surface area contributed by atoms with Gasteiger partial charge in [0.05, 0.1) is 12.2 Å². The van der Waals surface area contributed by atoms with Gasteiger partial charge in [0, 0.05) is 11.9 Å². The Balaban J connectivity index is 2.19. The van der Waals surface area contributed by atoms with Crippen LogP contribution < -0.4 is 0 Å². The van der Waals surface area contributed by atoms with Gasteiger partial charge in [-0.25, -0.2) is 0 Å². The van der Waals surface area contributed by atoms with E-state index in [9.17, 15) is 0 Å². The summed E-state index contributed by atoms with van der Waals surface area (Å²) in [5, 5.41) is 8.25. The summed E-state index contributed by atoms with van der Waals surface area (Å²) in [4.78, 5) is 0. The lowest BCUT2D eigenvalue weighted by molar-refractivity contribution is 0.536. The highest BCUT2D eigenvalue weighted by atomic mass is 33.1. The third kappa shape index (κ3) is 5.80. The fraction of sp³-hybridized carbons (Fsp3) is 0.818. The van der Waals surface area contributed by atoms with Crippen molar-refractivity contribution in [1.29, 1.82) is 0 Å². The quantitative estimate of drug-likeness (QED) is 0.442. The van der Waals surface area contributed by atoms with E-state index in [4.69, 9.17) is 0 Å². The first-order valence-corrected chi connectivity index (χ1v) is 7.91. The van der Waals surface area contributed by atoms with Gasteiger partial charge in [0.15, 0.2) is 0 Å². The molecule has 1 aromatic heterocycles. The molecule has 0 saturated heterocycles. The Morgan fingerprint density at radius 2 is 2.25 bits per heavy atom. The molecule has 0 N–H and O–H groups in total. The van der Waals surface area contributed by atoms with Crippen LogP contribution in [-0.4, -0.2) is 20.7 Å². The van der Waals surface area contributed by atoms with Gasteiger partial charge in [-0.05, 0) is 18.8 Å². The minimum Gasteiger partial charge on any atom is -0.251 e. The molecule has 0 bridgehead atoms. The minimum atomic E-state index is 0.808. The van der Waals surface area contributed by atoms with E-state index in [1.165, 1.54) is 30.1 Å². The number of hydrogen-bond acceptors (Lipinski definition) is 4. The molecule has 0 spiro atoms. The Bertz CT molecular complexity index is 287. The molecule has 0 aromatic carbocycles. The molecule has 3 nitrogen and oxygen atoms in total. The third-order valence-corrected chi connectivity index (χ3v) is 3.38. The molecule has 5 heteroatoms. The second kappa shape index (κ2) is 8.01. The number of unbranched alkanes of at least 4 members (excludes halogenated alkanes) is 1. The van der Waals surface area contributed by atoms with E-state index in [-0.39, 0.29) is 0 Å². The number of thiol groups is 1. The molecule has 1 aromatic rings. The highest BCUT2D eigenvalue weighted by molar-refractivity contribution is 8.68. The van der Waals surface area contributed by atoms with Gasteiger partial charge in [-0.15, -0.1) is 16.8 Å². The van der Waals surface area contributed by atoms with Crippen LogP contribution in [0.5, 0.6) is 0 Å². The van der Waals surface area contributed by atoms with Crippen molar-refractivity contribution in [3.8, 4) is 0 Å². The molecule has 1 rings (SSSR count). The average Bonchev–Trinajstić information content (AvgIpc) is 2.69. The third-order valence-electron chi connectivity index (χ3n) is 2.46. The molecule has 0 atom stereocenters. The van der Waals surface area contributed by atoms with Crippen LogP contribution in [0, 0.1) is 5.92 Å². The van der Waals surface area contributed by atoms with Crippen LogP contribution in [0.3, 0.4) is 0 Å². The molecule has 0 radical (unpaired) electrons. The van der Waals surface area contributed by atoms with E-state index in [1.807, 2.05) is 4.68 Å². The van der Waals surface area contributed by atoms with Crippen molar-refractivity contribution >= 4 is 22.5 Å². The normalized spacial score (nSPS) is 11.2. The lowest BCUT2D eigenvalue weighted by atomic mass is 10.0. The van der Waals surface area contributed by atoms with E-state index < -0.39 is 0 Å². The van der Waals surface area contributed by atoms with Gasteiger partial charge < -0.3 is 0 Å². The van der Waals surface area contributed by atoms with Crippen LogP contribution in [0.1, 0.15) is 38.8 Å². The van der Waals surface area contributed by atoms with Crippen molar-refractivity contribution in [1.82, 2.24) is 15.0 Å². The van der Waals surface area contributed by atoms with Gasteiger partial charge in [0.2, 0.25) is 0 Å². The highest BCUT2D eigenvalue weighted by Gasteiger charge is 2.01. The topological polar surface area (TPSA) is 30.7 Å². The maximum atomic E-state index is 4.16. The van der Waals surface area contributed by atoms with Crippen molar-refractivity contribution in [2.24, 2.45) is 5.92 Å². The summed E-state index contributed by atoms with van der Waals surface area (Å²) in [5.74, 6) is 1.78. The van der Waals surface area contributed by atoms with E-state index in [0.29, 0.717) is 0 Å². The molecule has 1 heterocycles. The van der Waals surface area contributed by atoms with Crippen LogP contribution in [0.2, 0.25) is 0 Å². The maximum Gasteiger partial charge on any atom is 0.0827 e. The summed E-state index contributed by atoms with van der Waals surface area (Å²) in [6.45, 7) is 5.43. The Labute approximate surface area is 107 Å². The molecule has 0 aliphatic rings. The summed E-state index contributed by atoms with van der Waals surface area (Å²) < 4.78 is 1.90. The smallest absolute Gasteiger partial charge is 0.0827 e. The average molecular weight is 259 g/mol. The standard InChI is InChI=1S/C11H21N3S2/c1-10(2)5-3-4-6-11-9-14(13-12-11)7-8-16-15/h9-10,15H,3-8H2,1-2H3. The van der Waals surface area contributed by atoms with Crippen LogP contribution in [-0.2, 0) is 13.0 Å². The summed E-state index contributed by atoms with van der Waals surface area (Å²) in [6.07, 6.45) is 6.93. The predicted molar refractivity (Wildman–Crippen MR) is 73.9 cm³/mol. The van der Waals surface area contributed by atoms with Gasteiger partial charge in [0.25, 0.3) is 0 Å². The fourth-order valence-electron chi connectivity index (χ4n) is 1.56. The second-order valence-electron chi connectivity index (χ2n) is 4.45. The number of aromatic nitrogens is 3. The Hall–Kier alpha value is -0.160. The van der Waals surface area contributed by atoms with Crippen LogP contribution >= 0.6 is 22.5 Å². The first-order valence-electron chi connectivity index (χ1n) is 5.87. The van der Waals surface area contributed by atoms with Crippen LogP contribution in [0.4, 0.5) is 0 Å². The van der Waals surface area contributed by atoms with Gasteiger partial charge >= 0.3 is 0 Å². The van der Waals surface area contributed by atoms with Gasteiger partial charge in [-0.1, -0.05) is 42.7 Å². The zero-order valence-corrected chi connectivity index (χ0v) is 11.8. The summed E-state index contributed by atoms with van der Waals surface area (Å²) in [5.41, 5.74) is 1.12. The molecule has 0 fully saturated rings. The van der Waals surface area contributed by atoms with Crippen molar-refractivity contribution in [2.75, 3.05) is 5.75 Å². The second-order valence-corrected chi connectivity index (χ2v) is 5.89. The zero-order valence-electron chi connectivity index (χ0n) is 10.1. The summed E-state index contributed by atoms with van der Waals surface area (Å²) >= 11 is 4.10. The molecular formula is C11H21N3S2. The zero-order chi connectivity index (χ0) is 11.8. The van der Waals surface area contributed by atoms with E-state index in [2.05, 4.69) is 42.0 Å². The van der Waals surface area contributed by atoms with Crippen molar-refractivity contribution in [3.05, 3.63) is 11.9 Å². The first kappa shape index (κ1) is 13.9. The molecule has 0 amide bonds. The molecule has 0 aliphatic carbocycles. The predicted octanol–water partition coefficient (Wildman–Crippen LogP) is 3.22. The van der Waals surface area contributed by atoms with E-state index in [1.54, 1.807) is 0 Å². The first-order chi connectivity index (χ1) is 7.72. The number of nitrogens with zero attached hydrogens (tertiary/aromatic N) is 3. The monoisotopic (exact) mass is 259 g/mol. The summed E-state index contributed by atoms with van der Waals surface area (Å²) in [7, 11) is 1.54. The lowest BCUT2D eigenvalue weighted by Gasteiger charge is -2.02. The van der Waals surface area contributed by atoms with Crippen LogP contribution in [0.15, 0.2) is 6.20 Å². The fourth-order valence-corrected chi connectivity index (χ4v) is 2.07. The number of hydrogen-bond donors (Lipinski definition) is 1. The maximum absolute atomic E-state index is 4.16. The largest absolute Gasteiger partial charge is 0.251 e. The molecule has 0 saturated carbocycles. The minimum absolute atomic E-state index is 0.808. The van der Waals surface area contributed by atoms with Crippen molar-refractivity contribution in [3.63, 3.8) is 0 Å². The van der Waals surface area contributed by atoms with Gasteiger partial charge in [-0.3, -0.25) is 4.68 Å². The SMILES string of the molecule is CC(C)CCCCc1cn(CCSS)nn1. The molecule has 16 heavy (non-hydrogen) atoms. The molecule has 0 unspecified atom stereocenters. The lowest BCUT2D eigenvalue weighted by Crippen LogP contribution is -1.99. The van der Waals surface area contributed by atoms with Gasteiger partial charge in [-0.2, -0.15) is 0 Å². The number of rotatable bonds is 8. The van der Waals surface area contributed by atoms with E-state index >= 15 is 0 Å². The van der Waals surface area contributed by atoms with Crippen LogP contribution in [0.25, 0.3) is 0 Å².